The molecule has 28 heavy (non-hydrogen) atoms. The van der Waals surface area contributed by atoms with E-state index >= 15 is 0 Å². The molecule has 3 rings (SSSR count). The minimum Gasteiger partial charge on any atom is -0.483 e. The fraction of sp³-hybridized carbons (Fsp3) is 0.421. The number of esters is 1. The van der Waals surface area contributed by atoms with E-state index in [1.807, 2.05) is 18.2 Å². The van der Waals surface area contributed by atoms with Crippen LogP contribution in [0.2, 0.25) is 0 Å². The Balaban J connectivity index is 1.82. The standard InChI is InChI=1S/C19H23N3O5S/c1-12-16(18(24)25-2)17(21-19(28)20-12)13-5-3-4-6-14(13)27-11-15(23)22-7-9-26-10-8-22/h3-6,17H,7-11H2,1-2H3,(H2,20,21,28)/t17-/m0/s1. The van der Waals surface area contributed by atoms with Crippen molar-refractivity contribution in [3.05, 3.63) is 41.1 Å². The van der Waals surface area contributed by atoms with Gasteiger partial charge in [0.25, 0.3) is 5.91 Å². The first kappa shape index (κ1) is 20.1. The van der Waals surface area contributed by atoms with Crippen molar-refractivity contribution < 1.29 is 23.8 Å². The average molecular weight is 405 g/mol. The van der Waals surface area contributed by atoms with E-state index in [2.05, 4.69) is 10.6 Å². The summed E-state index contributed by atoms with van der Waals surface area (Å²) in [5.74, 6) is -0.0727. The number of amides is 1. The molecule has 0 spiro atoms. The highest BCUT2D eigenvalue weighted by molar-refractivity contribution is 7.80. The number of nitrogens with one attached hydrogen (secondary N) is 2. The molecule has 0 aliphatic carbocycles. The molecule has 0 radical (unpaired) electrons. The number of ether oxygens (including phenoxy) is 3. The summed E-state index contributed by atoms with van der Waals surface area (Å²) in [4.78, 5) is 26.4. The van der Waals surface area contributed by atoms with E-state index in [4.69, 9.17) is 26.4 Å². The second kappa shape index (κ2) is 9.03. The van der Waals surface area contributed by atoms with Crippen molar-refractivity contribution in [3.63, 3.8) is 0 Å². The summed E-state index contributed by atoms with van der Waals surface area (Å²) < 4.78 is 16.0. The summed E-state index contributed by atoms with van der Waals surface area (Å²) in [6, 6.07) is 6.69. The van der Waals surface area contributed by atoms with Crippen LogP contribution in [-0.4, -0.2) is 61.9 Å². The quantitative estimate of drug-likeness (QED) is 0.552. The Labute approximate surface area is 168 Å². The predicted octanol–water partition coefficient (Wildman–Crippen LogP) is 0.890. The van der Waals surface area contributed by atoms with E-state index in [-0.39, 0.29) is 12.5 Å². The molecule has 2 aliphatic rings. The third-order valence-corrected chi connectivity index (χ3v) is 4.84. The lowest BCUT2D eigenvalue weighted by Crippen LogP contribution is -2.45. The Morgan fingerprint density at radius 1 is 1.29 bits per heavy atom. The Morgan fingerprint density at radius 2 is 2.00 bits per heavy atom. The molecule has 2 N–H and O–H groups in total. The van der Waals surface area contributed by atoms with Gasteiger partial charge in [-0.15, -0.1) is 0 Å². The highest BCUT2D eigenvalue weighted by Gasteiger charge is 2.32. The van der Waals surface area contributed by atoms with Gasteiger partial charge in [-0.25, -0.2) is 4.79 Å². The van der Waals surface area contributed by atoms with Crippen molar-refractivity contribution in [2.45, 2.75) is 13.0 Å². The molecule has 9 heteroatoms. The molecular weight excluding hydrogens is 382 g/mol. The molecular formula is C19H23N3O5S. The van der Waals surface area contributed by atoms with E-state index in [0.29, 0.717) is 54.0 Å². The highest BCUT2D eigenvalue weighted by Crippen LogP contribution is 2.33. The normalized spacial score (nSPS) is 19.6. The Morgan fingerprint density at radius 3 is 2.71 bits per heavy atom. The van der Waals surface area contributed by atoms with Gasteiger partial charge in [-0.3, -0.25) is 4.79 Å². The third kappa shape index (κ3) is 4.42. The molecule has 0 aromatic heterocycles. The number of thiocarbonyl (C=S) groups is 1. The summed E-state index contributed by atoms with van der Waals surface area (Å²) in [5.41, 5.74) is 1.72. The van der Waals surface area contributed by atoms with Crippen molar-refractivity contribution in [3.8, 4) is 5.75 Å². The van der Waals surface area contributed by atoms with Gasteiger partial charge in [0.05, 0.1) is 31.9 Å². The minimum atomic E-state index is -0.545. The second-order valence-electron chi connectivity index (χ2n) is 6.38. The number of nitrogens with zero attached hydrogens (tertiary/aromatic N) is 1. The van der Waals surface area contributed by atoms with Gasteiger partial charge in [0.15, 0.2) is 11.7 Å². The van der Waals surface area contributed by atoms with Crippen molar-refractivity contribution in [1.82, 2.24) is 15.5 Å². The van der Waals surface area contributed by atoms with Crippen LogP contribution < -0.4 is 15.4 Å². The first-order valence-corrected chi connectivity index (χ1v) is 9.36. The summed E-state index contributed by atoms with van der Waals surface area (Å²) in [5, 5.41) is 6.43. The topological polar surface area (TPSA) is 89.1 Å². The molecule has 1 aromatic carbocycles. The summed E-state index contributed by atoms with van der Waals surface area (Å²) in [6.07, 6.45) is 0. The molecule has 2 heterocycles. The van der Waals surface area contributed by atoms with Gasteiger partial charge in [-0.2, -0.15) is 0 Å². The first-order valence-electron chi connectivity index (χ1n) is 8.95. The predicted molar refractivity (Wildman–Crippen MR) is 106 cm³/mol. The number of hydrogen-bond acceptors (Lipinski definition) is 6. The van der Waals surface area contributed by atoms with E-state index in [1.165, 1.54) is 7.11 Å². The van der Waals surface area contributed by atoms with Crippen LogP contribution in [0.25, 0.3) is 0 Å². The van der Waals surface area contributed by atoms with E-state index in [9.17, 15) is 9.59 Å². The van der Waals surface area contributed by atoms with Gasteiger partial charge in [-0.05, 0) is 25.2 Å². The molecule has 8 nitrogen and oxygen atoms in total. The van der Waals surface area contributed by atoms with Crippen LogP contribution in [0, 0.1) is 0 Å². The van der Waals surface area contributed by atoms with E-state index < -0.39 is 12.0 Å². The molecule has 0 saturated carbocycles. The Hall–Kier alpha value is -2.65. The van der Waals surface area contributed by atoms with Gasteiger partial charge >= 0.3 is 5.97 Å². The van der Waals surface area contributed by atoms with Crippen molar-refractivity contribution in [2.75, 3.05) is 40.0 Å². The van der Waals surface area contributed by atoms with Crippen LogP contribution in [0.15, 0.2) is 35.5 Å². The monoisotopic (exact) mass is 405 g/mol. The van der Waals surface area contributed by atoms with Gasteiger partial charge in [-0.1, -0.05) is 18.2 Å². The Bertz CT molecular complexity index is 805. The molecule has 1 atom stereocenters. The molecule has 1 amide bonds. The van der Waals surface area contributed by atoms with E-state index in [1.54, 1.807) is 17.9 Å². The maximum atomic E-state index is 12.4. The fourth-order valence-electron chi connectivity index (χ4n) is 3.20. The number of morpholine rings is 1. The average Bonchev–Trinajstić information content (AvgIpc) is 2.71. The molecule has 2 aliphatic heterocycles. The Kier molecular flexibility index (Phi) is 6.48. The summed E-state index contributed by atoms with van der Waals surface area (Å²) in [7, 11) is 1.33. The lowest BCUT2D eigenvalue weighted by Gasteiger charge is -2.31. The zero-order valence-electron chi connectivity index (χ0n) is 15.8. The zero-order valence-corrected chi connectivity index (χ0v) is 16.6. The number of carbonyl (C=O) groups excluding carboxylic acids is 2. The van der Waals surface area contributed by atoms with Gasteiger partial charge < -0.3 is 29.7 Å². The maximum Gasteiger partial charge on any atom is 0.337 e. The molecule has 0 unspecified atom stereocenters. The minimum absolute atomic E-state index is 0.0946. The highest BCUT2D eigenvalue weighted by atomic mass is 32.1. The maximum absolute atomic E-state index is 12.4. The number of para-hydroxylation sites is 1. The van der Waals surface area contributed by atoms with Gasteiger partial charge in [0.2, 0.25) is 0 Å². The summed E-state index contributed by atoms with van der Waals surface area (Å²) >= 11 is 5.25. The number of hydrogen-bond donors (Lipinski definition) is 2. The lowest BCUT2D eigenvalue weighted by molar-refractivity contribution is -0.138. The van der Waals surface area contributed by atoms with Crippen LogP contribution in [0.4, 0.5) is 0 Å². The van der Waals surface area contributed by atoms with Crippen molar-refractivity contribution >= 4 is 29.2 Å². The number of rotatable bonds is 5. The molecule has 1 fully saturated rings. The van der Waals surface area contributed by atoms with Crippen molar-refractivity contribution in [2.24, 2.45) is 0 Å². The first-order chi connectivity index (χ1) is 13.5. The number of methoxy groups -OCH3 is 1. The van der Waals surface area contributed by atoms with Gasteiger partial charge in [0.1, 0.15) is 5.75 Å². The van der Waals surface area contributed by atoms with Crippen LogP contribution in [-0.2, 0) is 19.1 Å². The molecule has 150 valence electrons. The van der Waals surface area contributed by atoms with Crippen LogP contribution >= 0.6 is 12.2 Å². The molecule has 0 bridgehead atoms. The molecule has 1 saturated heterocycles. The molecule has 1 aromatic rings. The van der Waals surface area contributed by atoms with Crippen molar-refractivity contribution in [1.29, 1.82) is 0 Å². The summed E-state index contributed by atoms with van der Waals surface area (Å²) in [6.45, 7) is 3.85. The second-order valence-corrected chi connectivity index (χ2v) is 6.79. The SMILES string of the molecule is COC(=O)C1=C(C)NC(=S)N[C@H]1c1ccccc1OCC(=O)N1CCOCC1. The van der Waals surface area contributed by atoms with Crippen LogP contribution in [0.5, 0.6) is 5.75 Å². The fourth-order valence-corrected chi connectivity index (χ4v) is 3.47. The van der Waals surface area contributed by atoms with Crippen LogP contribution in [0.3, 0.4) is 0 Å². The number of carbonyl (C=O) groups is 2. The van der Waals surface area contributed by atoms with Gasteiger partial charge in [0, 0.05) is 24.4 Å². The zero-order chi connectivity index (χ0) is 20.1. The largest absolute Gasteiger partial charge is 0.483 e. The van der Waals surface area contributed by atoms with E-state index in [0.717, 1.165) is 0 Å². The third-order valence-electron chi connectivity index (χ3n) is 4.62. The lowest BCUT2D eigenvalue weighted by atomic mass is 9.95. The smallest absolute Gasteiger partial charge is 0.337 e. The number of allylic oxidation sites excluding steroid dienone is 1. The van der Waals surface area contributed by atoms with Crippen LogP contribution in [0.1, 0.15) is 18.5 Å². The number of benzene rings is 1.